The number of thiophene rings is 4. The van der Waals surface area contributed by atoms with Gasteiger partial charge in [0, 0.05) is 178 Å². The maximum absolute atomic E-state index is 13.2. The van der Waals surface area contributed by atoms with Gasteiger partial charge >= 0.3 is 0 Å². The zero-order valence-corrected chi connectivity index (χ0v) is 89.0. The highest BCUT2D eigenvalue weighted by Gasteiger charge is 2.45. The molecule has 4 aromatic carbocycles. The van der Waals surface area contributed by atoms with Gasteiger partial charge in [0.2, 0.25) is 0 Å². The molecule has 8 fully saturated rings. The molecule has 16 rings (SSSR count). The third kappa shape index (κ3) is 26.7. The van der Waals surface area contributed by atoms with Crippen LogP contribution in [0.3, 0.4) is 0 Å². The van der Waals surface area contributed by atoms with E-state index in [1.54, 1.807) is 143 Å². The average molecular weight is 2110 g/mol. The SMILES string of the molecule is C[C@@H]1CS(=O)(=O)CCN1C[C@H]1CN(S(=O)(=O)c2cccs2)CCN1c1ccc(C(C)(C)O)cc1.C[C@@H]1CS(=O)(=O)CCN1C[C@H]1CN(S(=O)(=O)c2cccs2)CCN1c1ccc(C(C)(C)O)cc1.C[C@H]1CS(=O)(=O)CCN1C[C@H]1CN(S(=O)(=O)c2cccs2)CCN1c1ccc(C(C)(C)O)cc1.C[C@H]1CS(=O)(=O)CCN1C[C@H]1CN(S(=O)(=O)c2cccs2)CCN1c1ccc(C(C)(C)O)cc1. The minimum Gasteiger partial charge on any atom is -0.386 e. The second-order valence-corrected chi connectivity index (χ2v) is 60.2. The summed E-state index contributed by atoms with van der Waals surface area (Å²) in [5.74, 6) is 0.995. The van der Waals surface area contributed by atoms with Crippen LogP contribution >= 0.6 is 45.3 Å². The number of piperazine rings is 4. The van der Waals surface area contributed by atoms with E-state index in [1.807, 2.05) is 125 Å². The van der Waals surface area contributed by atoms with Crippen LogP contribution in [0.2, 0.25) is 0 Å². The molecule has 8 aliphatic rings. The van der Waals surface area contributed by atoms with Gasteiger partial charge in [0.25, 0.3) is 40.1 Å². The second-order valence-electron chi connectivity index (χ2n) is 38.8. The molecule has 0 bridgehead atoms. The molecule has 8 aliphatic heterocycles. The predicted octanol–water partition coefficient (Wildman–Crippen LogP) is 7.90. The highest BCUT2D eigenvalue weighted by Crippen LogP contribution is 2.38. The molecule has 0 aliphatic carbocycles. The summed E-state index contributed by atoms with van der Waals surface area (Å²) in [6, 6.07) is 43.4. The molecule has 8 saturated heterocycles. The van der Waals surface area contributed by atoms with Crippen LogP contribution in [0.1, 0.15) is 105 Å². The van der Waals surface area contributed by atoms with Crippen LogP contribution in [-0.2, 0) is 102 Å². The number of hydrogen-bond acceptors (Lipinski definition) is 32. The van der Waals surface area contributed by atoms with Crippen molar-refractivity contribution in [2.75, 3.05) is 197 Å². The monoisotopic (exact) mass is 2110 g/mol. The molecule has 0 saturated carbocycles. The van der Waals surface area contributed by atoms with Crippen molar-refractivity contribution in [3.05, 3.63) is 189 Å². The zero-order valence-electron chi connectivity index (χ0n) is 79.2. The van der Waals surface area contributed by atoms with Gasteiger partial charge in [0.15, 0.2) is 39.3 Å². The fraction of sp³-hybridized carbons (Fsp3) is 0.565. The fourth-order valence-electron chi connectivity index (χ4n) is 18.9. The van der Waals surface area contributed by atoms with Gasteiger partial charge in [-0.3, -0.25) is 19.6 Å². The third-order valence-electron chi connectivity index (χ3n) is 26.8. The molecule has 0 amide bonds. The van der Waals surface area contributed by atoms with Gasteiger partial charge < -0.3 is 40.0 Å². The van der Waals surface area contributed by atoms with Crippen molar-refractivity contribution in [1.82, 2.24) is 36.8 Å². The number of hydrogen-bond donors (Lipinski definition) is 4. The van der Waals surface area contributed by atoms with Gasteiger partial charge in [-0.1, -0.05) is 72.8 Å². The van der Waals surface area contributed by atoms with Crippen LogP contribution in [-0.4, -0.2) is 350 Å². The molecule has 8 aromatic rings. The minimum atomic E-state index is -3.58. The van der Waals surface area contributed by atoms with Crippen molar-refractivity contribution in [3.8, 4) is 0 Å². The minimum absolute atomic E-state index is 0.122. The van der Waals surface area contributed by atoms with Crippen molar-refractivity contribution in [3.63, 3.8) is 0 Å². The maximum atomic E-state index is 13.2. The van der Waals surface area contributed by atoms with E-state index in [0.717, 1.165) is 45.0 Å². The Morgan fingerprint density at radius 3 is 0.603 bits per heavy atom. The molecule has 752 valence electrons. The van der Waals surface area contributed by atoms with Crippen LogP contribution in [0, 0.1) is 0 Å². The molecule has 12 heterocycles. The van der Waals surface area contributed by atoms with Crippen molar-refractivity contribution >= 4 is 148 Å². The fourth-order valence-corrected chi connectivity index (χ4v) is 35.8. The average Bonchev–Trinajstić information content (AvgIpc) is 1.29. The summed E-state index contributed by atoms with van der Waals surface area (Å²) < 4.78 is 210. The highest BCUT2D eigenvalue weighted by atomic mass is 32.3. The molecule has 0 spiro atoms. The normalized spacial score (nSPS) is 24.9. The van der Waals surface area contributed by atoms with Crippen LogP contribution in [0.15, 0.2) is 184 Å². The van der Waals surface area contributed by atoms with E-state index in [9.17, 15) is 87.8 Å². The number of sulfone groups is 4. The molecule has 0 unspecified atom stereocenters. The zero-order chi connectivity index (χ0) is 98.9. The van der Waals surface area contributed by atoms with Crippen molar-refractivity contribution in [1.29, 1.82) is 0 Å². The lowest BCUT2D eigenvalue weighted by molar-refractivity contribution is 0.0780. The molecule has 136 heavy (non-hydrogen) atoms. The second kappa shape index (κ2) is 42.9. The van der Waals surface area contributed by atoms with E-state index in [4.69, 9.17) is 0 Å². The van der Waals surface area contributed by atoms with E-state index in [-0.39, 0.29) is 94.4 Å². The summed E-state index contributed by atoms with van der Waals surface area (Å²) in [5.41, 5.74) is 3.30. The Bertz CT molecular complexity index is 5520. The largest absolute Gasteiger partial charge is 0.386 e. The number of benzene rings is 4. The maximum Gasteiger partial charge on any atom is 0.252 e. The quantitative estimate of drug-likeness (QED) is 0.0446. The van der Waals surface area contributed by atoms with Crippen molar-refractivity contribution < 1.29 is 87.8 Å². The highest BCUT2D eigenvalue weighted by molar-refractivity contribution is 7.93. The number of aliphatic hydroxyl groups is 4. The lowest BCUT2D eigenvalue weighted by atomic mass is 9.98. The molecular weight excluding hydrogens is 1980 g/mol. The van der Waals surface area contributed by atoms with Gasteiger partial charge in [0.05, 0.1) is 92.6 Å². The first-order valence-corrected chi connectivity index (χ1v) is 62.3. The van der Waals surface area contributed by atoms with Gasteiger partial charge in [-0.05, 0) is 200 Å². The van der Waals surface area contributed by atoms with Crippen LogP contribution < -0.4 is 19.6 Å². The molecule has 4 aromatic heterocycles. The first-order chi connectivity index (χ1) is 63.5. The Balaban J connectivity index is 0.000000153. The lowest BCUT2D eigenvalue weighted by Gasteiger charge is -2.45. The Kier molecular flexibility index (Phi) is 33.8. The molecule has 44 heteroatoms. The molecular formula is C92H132N12O20S12. The predicted molar refractivity (Wildman–Crippen MR) is 542 cm³/mol. The van der Waals surface area contributed by atoms with E-state index in [2.05, 4.69) is 39.2 Å². The van der Waals surface area contributed by atoms with E-state index in [0.29, 0.717) is 148 Å². The van der Waals surface area contributed by atoms with Crippen molar-refractivity contribution in [2.24, 2.45) is 0 Å². The number of anilines is 4. The Hall–Kier alpha value is -6.00. The van der Waals surface area contributed by atoms with Crippen molar-refractivity contribution in [2.45, 2.75) is 171 Å². The molecule has 8 atom stereocenters. The first kappa shape index (κ1) is 107. The third-order valence-corrected chi connectivity index (χ3v) is 46.9. The summed E-state index contributed by atoms with van der Waals surface area (Å²) in [6.45, 7) is 30.5. The molecule has 4 N–H and O–H groups in total. The summed E-state index contributed by atoms with van der Waals surface area (Å²) in [7, 11) is -26.5. The number of rotatable bonds is 24. The molecule has 0 radical (unpaired) electrons. The van der Waals surface area contributed by atoms with Crippen LogP contribution in [0.4, 0.5) is 22.7 Å². The van der Waals surface area contributed by atoms with Crippen LogP contribution in [0.25, 0.3) is 0 Å². The van der Waals surface area contributed by atoms with Crippen LogP contribution in [0.5, 0.6) is 0 Å². The topological polar surface area (TPSA) is 393 Å². The lowest BCUT2D eigenvalue weighted by Crippen LogP contribution is -2.60. The number of nitrogens with zero attached hydrogens (tertiary/aromatic N) is 12. The smallest absolute Gasteiger partial charge is 0.252 e. The van der Waals surface area contributed by atoms with Gasteiger partial charge in [-0.15, -0.1) is 45.3 Å². The Morgan fingerprint density at radius 2 is 0.456 bits per heavy atom. The van der Waals surface area contributed by atoms with Gasteiger partial charge in [-0.2, -0.15) is 17.2 Å². The van der Waals surface area contributed by atoms with Gasteiger partial charge in [-0.25, -0.2) is 67.3 Å². The Labute approximate surface area is 821 Å². The van der Waals surface area contributed by atoms with E-state index < -0.39 is 102 Å². The number of sulfonamides is 4. The standard InChI is InChI=1S/4C23H33N3O5S3/c4*1-18-17-33(28,29)14-12-24(18)15-21-16-25(34(30,31)22-5-4-13-32-22)10-11-26(21)20-8-6-19(7-9-20)23(2,3)27/h4*4-9,13,18,21,27H,10-12,14-17H2,1-3H3/t2*18-,21+;2*18-,21-/m1100/s1. The van der Waals surface area contributed by atoms with Gasteiger partial charge in [0.1, 0.15) is 16.8 Å². The summed E-state index contributed by atoms with van der Waals surface area (Å²) >= 11 is 4.87. The first-order valence-electron chi connectivity index (χ1n) is 45.8. The Morgan fingerprint density at radius 1 is 0.279 bits per heavy atom. The molecule has 32 nitrogen and oxygen atoms in total. The summed E-state index contributed by atoms with van der Waals surface area (Å²) in [5, 5.41) is 48.3. The van der Waals surface area contributed by atoms with E-state index >= 15 is 0 Å². The van der Waals surface area contributed by atoms with E-state index in [1.165, 1.54) is 45.3 Å². The summed E-state index contributed by atoms with van der Waals surface area (Å²) in [6.07, 6.45) is 0. The summed E-state index contributed by atoms with van der Waals surface area (Å²) in [4.78, 5) is 17.5.